The van der Waals surface area contributed by atoms with Crippen molar-refractivity contribution in [3.8, 4) is 11.5 Å². The molecule has 0 atom stereocenters. The molecule has 0 aliphatic rings. The van der Waals surface area contributed by atoms with Crippen molar-refractivity contribution >= 4 is 27.3 Å². The Kier molecular flexibility index (Phi) is 8.76. The number of nitrogens with one attached hydrogen (secondary N) is 2. The van der Waals surface area contributed by atoms with Gasteiger partial charge in [0.05, 0.1) is 18.1 Å². The number of amides is 1. The van der Waals surface area contributed by atoms with Crippen molar-refractivity contribution in [3.63, 3.8) is 0 Å². The molecular formula is C27H32N2O5S. The first-order valence-electron chi connectivity index (χ1n) is 11.6. The number of anilines is 2. The minimum absolute atomic E-state index is 0.117. The van der Waals surface area contributed by atoms with Crippen LogP contribution in [0.25, 0.3) is 0 Å². The first-order valence-corrected chi connectivity index (χ1v) is 13.1. The predicted molar refractivity (Wildman–Crippen MR) is 139 cm³/mol. The molecular weight excluding hydrogens is 464 g/mol. The van der Waals surface area contributed by atoms with Gasteiger partial charge in [0.1, 0.15) is 0 Å². The Balaban J connectivity index is 1.58. The maximum absolute atomic E-state index is 12.7. The largest absolute Gasteiger partial charge is 0.490 e. The number of benzene rings is 3. The van der Waals surface area contributed by atoms with Gasteiger partial charge in [0.15, 0.2) is 11.5 Å². The van der Waals surface area contributed by atoms with Gasteiger partial charge in [-0.05, 0) is 99.3 Å². The zero-order chi connectivity index (χ0) is 25.4. The molecule has 3 rings (SSSR count). The smallest absolute Gasteiger partial charge is 0.261 e. The maximum Gasteiger partial charge on any atom is 0.261 e. The number of ether oxygens (including phenoxy) is 2. The molecule has 8 heteroatoms. The molecule has 0 saturated heterocycles. The molecule has 0 fully saturated rings. The van der Waals surface area contributed by atoms with Crippen LogP contribution in [0.4, 0.5) is 11.4 Å². The van der Waals surface area contributed by atoms with E-state index in [0.717, 1.165) is 16.7 Å². The van der Waals surface area contributed by atoms with E-state index in [9.17, 15) is 13.2 Å². The summed E-state index contributed by atoms with van der Waals surface area (Å²) in [5.74, 6) is 1.18. The summed E-state index contributed by atoms with van der Waals surface area (Å²) >= 11 is 0. The van der Waals surface area contributed by atoms with Gasteiger partial charge in [-0.3, -0.25) is 9.52 Å². The second-order valence-corrected chi connectivity index (χ2v) is 9.81. The molecule has 35 heavy (non-hydrogen) atoms. The van der Waals surface area contributed by atoms with Gasteiger partial charge in [-0.25, -0.2) is 8.42 Å². The number of rotatable bonds is 11. The summed E-state index contributed by atoms with van der Waals surface area (Å²) in [6, 6.07) is 17.2. The monoisotopic (exact) mass is 496 g/mol. The third kappa shape index (κ3) is 7.23. The third-order valence-corrected chi connectivity index (χ3v) is 6.85. The quantitative estimate of drug-likeness (QED) is 0.367. The third-order valence-electron chi connectivity index (χ3n) is 5.46. The van der Waals surface area contributed by atoms with Crippen LogP contribution in [0, 0.1) is 13.8 Å². The fraction of sp³-hybridized carbons (Fsp3) is 0.296. The van der Waals surface area contributed by atoms with E-state index in [0.29, 0.717) is 42.5 Å². The molecule has 2 N–H and O–H groups in total. The van der Waals surface area contributed by atoms with Crippen LogP contribution in [0.15, 0.2) is 65.6 Å². The van der Waals surface area contributed by atoms with Crippen molar-refractivity contribution in [2.75, 3.05) is 23.3 Å². The maximum atomic E-state index is 12.7. The average Bonchev–Trinajstić information content (AvgIpc) is 2.82. The molecule has 0 radical (unpaired) electrons. The second-order valence-electron chi connectivity index (χ2n) is 8.12. The molecule has 0 aromatic heterocycles. The van der Waals surface area contributed by atoms with E-state index in [4.69, 9.17) is 9.47 Å². The van der Waals surface area contributed by atoms with E-state index >= 15 is 0 Å². The van der Waals surface area contributed by atoms with Crippen molar-refractivity contribution in [3.05, 3.63) is 77.4 Å². The van der Waals surface area contributed by atoms with E-state index in [1.165, 1.54) is 12.1 Å². The molecule has 3 aromatic rings. The molecule has 186 valence electrons. The minimum Gasteiger partial charge on any atom is -0.490 e. The van der Waals surface area contributed by atoms with Crippen molar-refractivity contribution < 1.29 is 22.7 Å². The zero-order valence-electron chi connectivity index (χ0n) is 20.6. The van der Waals surface area contributed by atoms with Crippen LogP contribution < -0.4 is 19.5 Å². The van der Waals surface area contributed by atoms with Crippen LogP contribution >= 0.6 is 0 Å². The SMILES string of the molecule is CCOc1ccc(CCC(=O)Nc2ccc(S(=O)(=O)Nc3ccc(C)c(C)c3)cc2)cc1OCC. The van der Waals surface area contributed by atoms with Gasteiger partial charge in [-0.2, -0.15) is 0 Å². The molecule has 0 saturated carbocycles. The summed E-state index contributed by atoms with van der Waals surface area (Å²) < 4.78 is 39.2. The molecule has 1 amide bonds. The highest BCUT2D eigenvalue weighted by Crippen LogP contribution is 2.29. The van der Waals surface area contributed by atoms with Gasteiger partial charge in [-0.15, -0.1) is 0 Å². The number of carbonyl (C=O) groups excluding carboxylic acids is 1. The van der Waals surface area contributed by atoms with Crippen molar-refractivity contribution in [1.29, 1.82) is 0 Å². The average molecular weight is 497 g/mol. The normalized spacial score (nSPS) is 11.1. The Bertz CT molecular complexity index is 1270. The minimum atomic E-state index is -3.74. The summed E-state index contributed by atoms with van der Waals surface area (Å²) in [7, 11) is -3.74. The number of hydrogen-bond donors (Lipinski definition) is 2. The Labute approximate surface area is 207 Å². The lowest BCUT2D eigenvalue weighted by atomic mass is 10.1. The van der Waals surface area contributed by atoms with E-state index in [-0.39, 0.29) is 17.2 Å². The predicted octanol–water partition coefficient (Wildman–Crippen LogP) is 5.47. The van der Waals surface area contributed by atoms with E-state index in [2.05, 4.69) is 10.0 Å². The van der Waals surface area contributed by atoms with Gasteiger partial charge in [0.2, 0.25) is 5.91 Å². The van der Waals surface area contributed by atoms with Gasteiger partial charge in [0.25, 0.3) is 10.0 Å². The molecule has 3 aromatic carbocycles. The summed E-state index contributed by atoms with van der Waals surface area (Å²) in [4.78, 5) is 12.6. The van der Waals surface area contributed by atoms with E-state index in [1.54, 1.807) is 24.3 Å². The first-order chi connectivity index (χ1) is 16.7. The van der Waals surface area contributed by atoms with Crippen molar-refractivity contribution in [2.24, 2.45) is 0 Å². The zero-order valence-corrected chi connectivity index (χ0v) is 21.4. The van der Waals surface area contributed by atoms with E-state index < -0.39 is 10.0 Å². The lowest BCUT2D eigenvalue weighted by Gasteiger charge is -2.12. The Morgan fingerprint density at radius 2 is 1.46 bits per heavy atom. The standard InChI is InChI=1S/C27H32N2O5S/c1-5-33-25-15-8-21(18-26(25)34-6-2)9-16-27(30)28-22-11-13-24(14-12-22)35(31,32)29-23-10-7-19(3)20(4)17-23/h7-8,10-15,17-18,29H,5-6,9,16H2,1-4H3,(H,28,30). The van der Waals surface area contributed by atoms with Crippen LogP contribution in [0.2, 0.25) is 0 Å². The molecule has 0 bridgehead atoms. The molecule has 0 aliphatic heterocycles. The van der Waals surface area contributed by atoms with E-state index in [1.807, 2.05) is 52.0 Å². The highest BCUT2D eigenvalue weighted by molar-refractivity contribution is 7.92. The van der Waals surface area contributed by atoms with Crippen molar-refractivity contribution in [2.45, 2.75) is 45.4 Å². The fourth-order valence-corrected chi connectivity index (χ4v) is 4.52. The van der Waals surface area contributed by atoms with Crippen LogP contribution in [-0.4, -0.2) is 27.5 Å². The summed E-state index contributed by atoms with van der Waals surface area (Å²) in [6.07, 6.45) is 0.804. The lowest BCUT2D eigenvalue weighted by molar-refractivity contribution is -0.116. The van der Waals surface area contributed by atoms with Gasteiger partial charge in [0, 0.05) is 17.8 Å². The van der Waals surface area contributed by atoms with Crippen LogP contribution in [0.1, 0.15) is 37.0 Å². The topological polar surface area (TPSA) is 93.7 Å². The Hall–Kier alpha value is -3.52. The number of carbonyl (C=O) groups is 1. The van der Waals surface area contributed by atoms with Crippen LogP contribution in [0.5, 0.6) is 11.5 Å². The first kappa shape index (κ1) is 26.1. The summed E-state index contributed by atoms with van der Waals surface area (Å²) in [5.41, 5.74) is 4.09. The number of sulfonamides is 1. The summed E-state index contributed by atoms with van der Waals surface area (Å²) in [6.45, 7) is 8.79. The van der Waals surface area contributed by atoms with Crippen molar-refractivity contribution in [1.82, 2.24) is 0 Å². The molecule has 0 spiro atoms. The fourth-order valence-electron chi connectivity index (χ4n) is 3.47. The Morgan fingerprint density at radius 1 is 0.800 bits per heavy atom. The summed E-state index contributed by atoms with van der Waals surface area (Å²) in [5, 5.41) is 2.82. The second kappa shape index (κ2) is 11.8. The molecule has 0 heterocycles. The number of aryl methyl sites for hydroxylation is 3. The Morgan fingerprint density at radius 3 is 2.11 bits per heavy atom. The van der Waals surface area contributed by atoms with Gasteiger partial charge < -0.3 is 14.8 Å². The van der Waals surface area contributed by atoms with Crippen LogP contribution in [-0.2, 0) is 21.2 Å². The number of hydrogen-bond acceptors (Lipinski definition) is 5. The highest BCUT2D eigenvalue weighted by Gasteiger charge is 2.15. The molecule has 0 aliphatic carbocycles. The van der Waals surface area contributed by atoms with Crippen LogP contribution in [0.3, 0.4) is 0 Å². The van der Waals surface area contributed by atoms with Gasteiger partial charge in [-0.1, -0.05) is 12.1 Å². The molecule has 0 unspecified atom stereocenters. The lowest BCUT2D eigenvalue weighted by Crippen LogP contribution is -2.14. The highest BCUT2D eigenvalue weighted by atomic mass is 32.2. The van der Waals surface area contributed by atoms with Gasteiger partial charge >= 0.3 is 0 Å². The molecule has 7 nitrogen and oxygen atoms in total.